The first-order valence-corrected chi connectivity index (χ1v) is 5.97. The lowest BCUT2D eigenvalue weighted by Crippen LogP contribution is -2.14. The monoisotopic (exact) mass is 294 g/mol. The number of carbonyl (C=O) groups excluding carboxylic acids is 2. The number of carbonyl (C=O) groups is 2. The Morgan fingerprint density at radius 1 is 1.40 bits per heavy atom. The summed E-state index contributed by atoms with van der Waals surface area (Å²) >= 11 is 5.87. The Labute approximate surface area is 119 Å². The van der Waals surface area contributed by atoms with E-state index in [-0.39, 0.29) is 22.2 Å². The number of benzene rings is 1. The molecule has 0 radical (unpaired) electrons. The van der Waals surface area contributed by atoms with E-state index in [1.165, 1.54) is 36.2 Å². The molecule has 0 saturated heterocycles. The number of nitrogens with zero attached hydrogens (tertiary/aromatic N) is 2. The number of halogens is 1. The van der Waals surface area contributed by atoms with E-state index in [4.69, 9.17) is 21.1 Å². The summed E-state index contributed by atoms with van der Waals surface area (Å²) in [6, 6.07) is 4.47. The lowest BCUT2D eigenvalue weighted by Gasteiger charge is -2.09. The predicted octanol–water partition coefficient (Wildman–Crippen LogP) is 2.11. The first-order chi connectivity index (χ1) is 9.56. The Hall–Kier alpha value is -2.34. The number of rotatable bonds is 4. The quantitative estimate of drug-likeness (QED) is 0.491. The fraction of sp³-hybridized carbons (Fsp3) is 0.154. The molecule has 0 unspecified atom stereocenters. The van der Waals surface area contributed by atoms with Crippen molar-refractivity contribution in [2.45, 2.75) is 0 Å². The van der Waals surface area contributed by atoms with Crippen LogP contribution in [0.4, 0.5) is 0 Å². The van der Waals surface area contributed by atoms with Crippen molar-refractivity contribution in [1.29, 1.82) is 0 Å². The van der Waals surface area contributed by atoms with Crippen molar-refractivity contribution >= 4 is 23.9 Å². The number of hydrogen-bond donors (Lipinski definition) is 0. The highest BCUT2D eigenvalue weighted by molar-refractivity contribution is 6.33. The number of aromatic nitrogens is 2. The molecule has 0 bridgehead atoms. The Bertz CT molecular complexity index is 647. The Morgan fingerprint density at radius 2 is 2.15 bits per heavy atom. The normalized spacial score (nSPS) is 10.2. The van der Waals surface area contributed by atoms with Gasteiger partial charge in [0, 0.05) is 12.6 Å². The molecule has 104 valence electrons. The Balaban J connectivity index is 2.30. The molecule has 6 nitrogen and oxygen atoms in total. The number of ether oxygens (including phenoxy) is 2. The molecule has 0 aliphatic heterocycles. The van der Waals surface area contributed by atoms with Crippen LogP contribution in [-0.2, 0) is 7.05 Å². The molecule has 0 N–H and O–H groups in total. The van der Waals surface area contributed by atoms with Gasteiger partial charge in [0.05, 0.1) is 18.3 Å². The second kappa shape index (κ2) is 5.75. The minimum absolute atomic E-state index is 0.133. The van der Waals surface area contributed by atoms with Crippen molar-refractivity contribution in [3.63, 3.8) is 0 Å². The lowest BCUT2D eigenvalue weighted by molar-refractivity contribution is 0.0718. The SMILES string of the molecule is COc1cc(C=O)ccc1OC(=O)c1c(Cl)cnn1C. The van der Waals surface area contributed by atoms with Crippen LogP contribution < -0.4 is 9.47 Å². The van der Waals surface area contributed by atoms with Crippen LogP contribution in [0.2, 0.25) is 5.02 Å². The lowest BCUT2D eigenvalue weighted by atomic mass is 10.2. The summed E-state index contributed by atoms with van der Waals surface area (Å²) in [5, 5.41) is 4.05. The minimum atomic E-state index is -0.660. The fourth-order valence-corrected chi connectivity index (χ4v) is 1.87. The van der Waals surface area contributed by atoms with E-state index in [9.17, 15) is 9.59 Å². The van der Waals surface area contributed by atoms with Crippen molar-refractivity contribution in [2.75, 3.05) is 7.11 Å². The van der Waals surface area contributed by atoms with Gasteiger partial charge >= 0.3 is 5.97 Å². The summed E-state index contributed by atoms with van der Waals surface area (Å²) in [7, 11) is 2.99. The summed E-state index contributed by atoms with van der Waals surface area (Å²) in [6.07, 6.45) is 2.02. The van der Waals surface area contributed by atoms with Crippen LogP contribution in [0.3, 0.4) is 0 Å². The van der Waals surface area contributed by atoms with Crippen LogP contribution in [0.5, 0.6) is 11.5 Å². The zero-order valence-electron chi connectivity index (χ0n) is 10.8. The number of aldehydes is 1. The summed E-state index contributed by atoms with van der Waals surface area (Å²) in [6.45, 7) is 0. The highest BCUT2D eigenvalue weighted by Gasteiger charge is 2.19. The van der Waals surface area contributed by atoms with Gasteiger partial charge in [0.1, 0.15) is 6.29 Å². The molecule has 2 rings (SSSR count). The minimum Gasteiger partial charge on any atom is -0.493 e. The highest BCUT2D eigenvalue weighted by atomic mass is 35.5. The molecule has 0 amide bonds. The van der Waals surface area contributed by atoms with Crippen molar-refractivity contribution in [3.05, 3.63) is 40.7 Å². The first-order valence-electron chi connectivity index (χ1n) is 5.59. The molecule has 0 aliphatic carbocycles. The van der Waals surface area contributed by atoms with Gasteiger partial charge in [0.15, 0.2) is 17.2 Å². The van der Waals surface area contributed by atoms with Crippen molar-refractivity contribution < 1.29 is 19.1 Å². The van der Waals surface area contributed by atoms with Crippen LogP contribution in [0.15, 0.2) is 24.4 Å². The maximum Gasteiger partial charge on any atom is 0.363 e. The molecule has 0 fully saturated rings. The smallest absolute Gasteiger partial charge is 0.363 e. The van der Waals surface area contributed by atoms with E-state index in [2.05, 4.69) is 5.10 Å². The zero-order valence-corrected chi connectivity index (χ0v) is 11.5. The molecule has 0 saturated carbocycles. The zero-order chi connectivity index (χ0) is 14.7. The largest absolute Gasteiger partial charge is 0.493 e. The van der Waals surface area contributed by atoms with Crippen LogP contribution in [-0.4, -0.2) is 29.1 Å². The second-order valence-corrected chi connectivity index (χ2v) is 4.29. The molecule has 1 aromatic carbocycles. The molecule has 7 heteroatoms. The van der Waals surface area contributed by atoms with Gasteiger partial charge in [-0.2, -0.15) is 5.10 Å². The highest BCUT2D eigenvalue weighted by Crippen LogP contribution is 2.29. The summed E-state index contributed by atoms with van der Waals surface area (Å²) < 4.78 is 11.6. The van der Waals surface area contributed by atoms with E-state index in [0.717, 1.165) is 0 Å². The summed E-state index contributed by atoms with van der Waals surface area (Å²) in [5.74, 6) is -0.186. The standard InChI is InChI=1S/C13H11ClN2O4/c1-16-12(9(14)6-15-16)13(18)20-10-4-3-8(7-17)5-11(10)19-2/h3-7H,1-2H3. The van der Waals surface area contributed by atoms with Gasteiger partial charge in [-0.15, -0.1) is 0 Å². The Kier molecular flexibility index (Phi) is 4.05. The fourth-order valence-electron chi connectivity index (χ4n) is 1.63. The van der Waals surface area contributed by atoms with Gasteiger partial charge in [0.25, 0.3) is 0 Å². The summed E-state index contributed by atoms with van der Waals surface area (Å²) in [4.78, 5) is 22.7. The van der Waals surface area contributed by atoms with Crippen molar-refractivity contribution in [3.8, 4) is 11.5 Å². The van der Waals surface area contributed by atoms with Gasteiger partial charge in [-0.1, -0.05) is 11.6 Å². The molecular formula is C13H11ClN2O4. The van der Waals surface area contributed by atoms with Crippen LogP contribution >= 0.6 is 11.6 Å². The van der Waals surface area contributed by atoms with E-state index >= 15 is 0 Å². The predicted molar refractivity (Wildman–Crippen MR) is 71.6 cm³/mol. The summed E-state index contributed by atoms with van der Waals surface area (Å²) in [5.41, 5.74) is 0.549. The van der Waals surface area contributed by atoms with Crippen LogP contribution in [0.25, 0.3) is 0 Å². The third-order valence-electron chi connectivity index (χ3n) is 2.61. The molecule has 1 heterocycles. The topological polar surface area (TPSA) is 70.4 Å². The first kappa shape index (κ1) is 14.1. The number of aryl methyl sites for hydroxylation is 1. The van der Waals surface area contributed by atoms with Gasteiger partial charge < -0.3 is 9.47 Å². The van der Waals surface area contributed by atoms with E-state index in [1.54, 1.807) is 7.05 Å². The van der Waals surface area contributed by atoms with Crippen LogP contribution in [0, 0.1) is 0 Å². The molecular weight excluding hydrogens is 284 g/mol. The average molecular weight is 295 g/mol. The second-order valence-electron chi connectivity index (χ2n) is 3.88. The van der Waals surface area contributed by atoms with E-state index in [1.807, 2.05) is 0 Å². The average Bonchev–Trinajstić information content (AvgIpc) is 2.78. The van der Waals surface area contributed by atoms with E-state index in [0.29, 0.717) is 11.8 Å². The molecule has 2 aromatic rings. The molecule has 0 spiro atoms. The third-order valence-corrected chi connectivity index (χ3v) is 2.89. The Morgan fingerprint density at radius 3 is 2.70 bits per heavy atom. The molecule has 1 aromatic heterocycles. The number of methoxy groups -OCH3 is 1. The van der Waals surface area contributed by atoms with Crippen LogP contribution in [0.1, 0.15) is 20.8 Å². The van der Waals surface area contributed by atoms with Gasteiger partial charge in [-0.05, 0) is 18.2 Å². The van der Waals surface area contributed by atoms with Gasteiger partial charge in [-0.3, -0.25) is 9.48 Å². The van der Waals surface area contributed by atoms with E-state index < -0.39 is 5.97 Å². The van der Waals surface area contributed by atoms with Crippen molar-refractivity contribution in [1.82, 2.24) is 9.78 Å². The molecule has 0 aliphatic rings. The maximum absolute atomic E-state index is 12.0. The van der Waals surface area contributed by atoms with Crippen molar-refractivity contribution in [2.24, 2.45) is 7.05 Å². The van der Waals surface area contributed by atoms with Gasteiger partial charge in [-0.25, -0.2) is 4.79 Å². The molecule has 20 heavy (non-hydrogen) atoms. The van der Waals surface area contributed by atoms with Gasteiger partial charge in [0.2, 0.25) is 0 Å². The number of hydrogen-bond acceptors (Lipinski definition) is 5. The molecule has 0 atom stereocenters. The third kappa shape index (κ3) is 2.65. The number of esters is 1. The maximum atomic E-state index is 12.0.